The van der Waals surface area contributed by atoms with Crippen LogP contribution in [0.4, 0.5) is 57.1 Å². The molecule has 0 saturated carbocycles. The second-order valence-corrected chi connectivity index (χ2v) is 6.86. The second-order valence-electron chi connectivity index (χ2n) is 4.09. The smallest absolute Gasteiger partial charge is 0.200 e. The zero-order valence-electron chi connectivity index (χ0n) is 9.95. The van der Waals surface area contributed by atoms with E-state index in [2.05, 4.69) is 0 Å². The maximum absolute atomic E-state index is 13.0. The third kappa shape index (κ3) is 3.56. The summed E-state index contributed by atoms with van der Waals surface area (Å²) in [6.45, 7) is 0. The topological polar surface area (TPSA) is 0 Å². The summed E-state index contributed by atoms with van der Waals surface area (Å²) in [5.41, 5.74) is 0. The summed E-state index contributed by atoms with van der Waals surface area (Å²) in [6, 6.07) is 0. The summed E-state index contributed by atoms with van der Waals surface area (Å²) in [4.78, 5) is 0. The van der Waals surface area contributed by atoms with Gasteiger partial charge in [-0.05, 0) is 0 Å². The first-order valence-electron chi connectivity index (χ1n) is 4.91. The van der Waals surface area contributed by atoms with Crippen LogP contribution in [0.1, 0.15) is 6.42 Å². The minimum atomic E-state index is -7.86. The molecule has 0 rings (SSSR count). The Hall–Kier alpha value is 0.110. The van der Waals surface area contributed by atoms with Crippen LogP contribution < -0.4 is 0 Å². The Morgan fingerprint density at radius 2 is 0.913 bits per heavy atom. The van der Waals surface area contributed by atoms with Crippen LogP contribution in [-0.2, 0) is 0 Å². The lowest BCUT2D eigenvalue weighted by Crippen LogP contribution is -2.70. The van der Waals surface area contributed by atoms with Crippen LogP contribution in [0.25, 0.3) is 0 Å². The molecule has 0 heterocycles. The predicted molar refractivity (Wildman–Crippen MR) is 59.1 cm³/mol. The Labute approximate surface area is 137 Å². The van der Waals surface area contributed by atoms with Gasteiger partial charge in [0.15, 0.2) is 0 Å². The lowest BCUT2D eigenvalue weighted by Gasteiger charge is -2.39. The molecule has 0 saturated heterocycles. The van der Waals surface area contributed by atoms with E-state index in [-0.39, 0.29) is 0 Å². The van der Waals surface area contributed by atoms with Gasteiger partial charge in [0.05, 0.1) is 3.38 Å². The van der Waals surface area contributed by atoms with Crippen molar-refractivity contribution in [1.82, 2.24) is 0 Å². The summed E-state index contributed by atoms with van der Waals surface area (Å²) in [5, 5.41) is 0. The maximum Gasteiger partial charge on any atom is 0.460 e. The Bertz CT molecular complexity index is 426. The van der Waals surface area contributed by atoms with Crippen LogP contribution in [0.2, 0.25) is 0 Å². The molecule has 0 unspecified atom stereocenters. The third-order valence-corrected chi connectivity index (χ3v) is 3.00. The number of alkyl halides is 15. The molecule has 0 aliphatic heterocycles. The van der Waals surface area contributed by atoms with Gasteiger partial charge in [-0.15, -0.1) is 11.6 Å². The van der Waals surface area contributed by atoms with Crippen molar-refractivity contribution >= 4 is 34.2 Å². The monoisotopic (exact) mass is 508 g/mol. The van der Waals surface area contributed by atoms with Gasteiger partial charge in [0.2, 0.25) is 0 Å². The predicted octanol–water partition coefficient (Wildman–Crippen LogP) is 6.12. The van der Waals surface area contributed by atoms with Crippen LogP contribution >= 0.6 is 34.2 Å². The van der Waals surface area contributed by atoms with Gasteiger partial charge in [-0.1, -0.05) is 22.6 Å². The molecule has 0 aromatic heterocycles. The maximum atomic E-state index is 13.0. The number of halogens is 15. The summed E-state index contributed by atoms with van der Waals surface area (Å²) in [7, 11) is 0. The van der Waals surface area contributed by atoms with E-state index in [9.17, 15) is 57.1 Å². The van der Waals surface area contributed by atoms with Gasteiger partial charge in [0.25, 0.3) is 0 Å². The van der Waals surface area contributed by atoms with Crippen LogP contribution in [0.3, 0.4) is 0 Å². The van der Waals surface area contributed by atoms with Crippen molar-refractivity contribution in [3.05, 3.63) is 0 Å². The Morgan fingerprint density at radius 1 is 0.609 bits per heavy atom. The minimum absolute atomic E-state index is 0.777. The SMILES string of the molecule is FC(F)(F)C(F)(F)C(F)(F)C(F)(F)C(F)(F)C(F)(F)C[C@@H](Cl)I. The molecule has 0 amide bonds. The summed E-state index contributed by atoms with van der Waals surface area (Å²) in [6.07, 6.45) is -9.80. The quantitative estimate of drug-likeness (QED) is 0.231. The molecule has 1 atom stereocenters. The highest BCUT2D eigenvalue weighted by atomic mass is 127. The first-order valence-corrected chi connectivity index (χ1v) is 6.59. The van der Waals surface area contributed by atoms with Crippen LogP contribution in [0, 0.1) is 0 Å². The molecule has 0 N–H and O–H groups in total. The molecule has 0 aromatic rings. The van der Waals surface area contributed by atoms with E-state index in [4.69, 9.17) is 11.6 Å². The fourth-order valence-corrected chi connectivity index (χ4v) is 1.87. The molecule has 140 valence electrons. The van der Waals surface area contributed by atoms with Crippen molar-refractivity contribution in [2.24, 2.45) is 0 Å². The Morgan fingerprint density at radius 3 is 1.17 bits per heavy atom. The van der Waals surface area contributed by atoms with Crippen molar-refractivity contribution in [2.75, 3.05) is 0 Å². The van der Waals surface area contributed by atoms with E-state index < -0.39 is 45.6 Å². The second kappa shape index (κ2) is 6.12. The molecular weight excluding hydrogens is 505 g/mol. The van der Waals surface area contributed by atoms with Gasteiger partial charge in [-0.25, -0.2) is 0 Å². The molecule has 15 heteroatoms. The molecule has 0 aromatic carbocycles. The van der Waals surface area contributed by atoms with E-state index >= 15 is 0 Å². The average Bonchev–Trinajstić information content (AvgIpc) is 2.24. The van der Waals surface area contributed by atoms with Crippen LogP contribution in [0.15, 0.2) is 0 Å². The molecule has 0 spiro atoms. The number of rotatable bonds is 6. The minimum Gasteiger partial charge on any atom is -0.200 e. The zero-order valence-corrected chi connectivity index (χ0v) is 12.9. The van der Waals surface area contributed by atoms with Gasteiger partial charge in [-0.3, -0.25) is 0 Å². The molecular formula is C8H3ClF13I. The van der Waals surface area contributed by atoms with E-state index in [1.54, 1.807) is 0 Å². The van der Waals surface area contributed by atoms with Crippen molar-refractivity contribution < 1.29 is 57.1 Å². The highest BCUT2D eigenvalue weighted by molar-refractivity contribution is 14.1. The molecule has 23 heavy (non-hydrogen) atoms. The van der Waals surface area contributed by atoms with Crippen molar-refractivity contribution in [3.63, 3.8) is 0 Å². The number of hydrogen-bond donors (Lipinski definition) is 0. The van der Waals surface area contributed by atoms with Crippen LogP contribution in [-0.4, -0.2) is 39.2 Å². The van der Waals surface area contributed by atoms with Crippen LogP contribution in [0.5, 0.6) is 0 Å². The van der Waals surface area contributed by atoms with E-state index in [1.165, 1.54) is 0 Å². The normalized spacial score (nSPS) is 17.3. The van der Waals surface area contributed by atoms with Crippen molar-refractivity contribution in [3.8, 4) is 0 Å². The van der Waals surface area contributed by atoms with Gasteiger partial charge in [0.1, 0.15) is 0 Å². The largest absolute Gasteiger partial charge is 0.460 e. The van der Waals surface area contributed by atoms with E-state index in [0.717, 1.165) is 22.6 Å². The van der Waals surface area contributed by atoms with Crippen molar-refractivity contribution in [2.45, 2.75) is 45.6 Å². The Balaban J connectivity index is 6.14. The lowest BCUT2D eigenvalue weighted by atomic mass is 9.93. The standard InChI is InChI=1S/C8H3ClF13I/c9-2(23)1-3(10,11)4(12,13)5(14,15)6(16,17)7(18,19)8(20,21)22/h2H,1H2/t2-/m0/s1. The average molecular weight is 508 g/mol. The molecule has 0 bridgehead atoms. The summed E-state index contributed by atoms with van der Waals surface area (Å²) in [5.74, 6) is -36.7. The Kier molecular flexibility index (Phi) is 6.15. The lowest BCUT2D eigenvalue weighted by molar-refractivity contribution is -0.439. The van der Waals surface area contributed by atoms with Crippen molar-refractivity contribution in [1.29, 1.82) is 0 Å². The highest BCUT2D eigenvalue weighted by Crippen LogP contribution is 2.60. The van der Waals surface area contributed by atoms with E-state index in [0.29, 0.717) is 0 Å². The third-order valence-electron chi connectivity index (χ3n) is 2.41. The van der Waals surface area contributed by atoms with Gasteiger partial charge in [0, 0.05) is 6.42 Å². The van der Waals surface area contributed by atoms with Gasteiger partial charge >= 0.3 is 35.8 Å². The first kappa shape index (κ1) is 23.1. The first-order chi connectivity index (χ1) is 9.67. The van der Waals surface area contributed by atoms with Gasteiger partial charge < -0.3 is 0 Å². The molecule has 0 aliphatic carbocycles. The molecule has 0 aliphatic rings. The summed E-state index contributed by atoms with van der Waals surface area (Å²) < 4.78 is 161. The highest BCUT2D eigenvalue weighted by Gasteiger charge is 2.90. The fourth-order valence-electron chi connectivity index (χ4n) is 1.12. The molecule has 0 fully saturated rings. The summed E-state index contributed by atoms with van der Waals surface area (Å²) >= 11 is 5.59. The molecule has 0 nitrogen and oxygen atoms in total. The number of hydrogen-bond acceptors (Lipinski definition) is 0. The zero-order chi connectivity index (χ0) is 19.3. The van der Waals surface area contributed by atoms with Gasteiger partial charge in [-0.2, -0.15) is 57.1 Å². The van der Waals surface area contributed by atoms with E-state index in [1.807, 2.05) is 0 Å². The molecule has 0 radical (unpaired) electrons. The fraction of sp³-hybridized carbons (Fsp3) is 1.00.